The van der Waals surface area contributed by atoms with E-state index in [0.29, 0.717) is 11.3 Å². The van der Waals surface area contributed by atoms with Crippen molar-refractivity contribution in [3.63, 3.8) is 0 Å². The van der Waals surface area contributed by atoms with Crippen LogP contribution >= 0.6 is 0 Å². The number of benzene rings is 1. The molecule has 1 rings (SSSR count). The fraction of sp³-hybridized carbons (Fsp3) is 0.300. The monoisotopic (exact) mass is 212 g/mol. The maximum atomic E-state index is 13.1. The summed E-state index contributed by atoms with van der Waals surface area (Å²) in [5, 5.41) is 11.3. The van der Waals surface area contributed by atoms with Gasteiger partial charge in [-0.1, -0.05) is 6.07 Å². The van der Waals surface area contributed by atoms with Crippen molar-refractivity contribution >= 4 is 11.7 Å². The molecule has 0 aliphatic carbocycles. The van der Waals surface area contributed by atoms with Gasteiger partial charge in [-0.3, -0.25) is 4.79 Å². The number of carboxylic acid groups (broad SMARTS) is 1. The van der Waals surface area contributed by atoms with Gasteiger partial charge >= 0.3 is 5.97 Å². The van der Waals surface area contributed by atoms with E-state index in [1.165, 1.54) is 12.1 Å². The van der Waals surface area contributed by atoms with Crippen molar-refractivity contribution in [3.05, 3.63) is 29.6 Å². The zero-order valence-electron chi connectivity index (χ0n) is 8.33. The predicted molar refractivity (Wildman–Crippen MR) is 55.3 cm³/mol. The molecule has 0 amide bonds. The molecule has 0 radical (unpaired) electrons. The molecule has 15 heavy (non-hydrogen) atoms. The predicted octanol–water partition coefficient (Wildman–Crippen LogP) is 0.822. The first-order chi connectivity index (χ1) is 7.04. The minimum atomic E-state index is -1.06. The van der Waals surface area contributed by atoms with Crippen LogP contribution in [-0.4, -0.2) is 24.2 Å². The zero-order valence-corrected chi connectivity index (χ0v) is 8.33. The highest BCUT2D eigenvalue weighted by molar-refractivity contribution is 5.73. The van der Waals surface area contributed by atoms with Gasteiger partial charge in [0.1, 0.15) is 11.9 Å². The van der Waals surface area contributed by atoms with Crippen LogP contribution in [0.3, 0.4) is 0 Å². The number of hydrogen-bond donors (Lipinski definition) is 3. The van der Waals surface area contributed by atoms with Gasteiger partial charge in [-0.15, -0.1) is 0 Å². The molecule has 4 N–H and O–H groups in total. The smallest absolute Gasteiger partial charge is 0.320 e. The van der Waals surface area contributed by atoms with Gasteiger partial charge in [0.2, 0.25) is 0 Å². The molecule has 0 spiro atoms. The van der Waals surface area contributed by atoms with Gasteiger partial charge in [-0.2, -0.15) is 0 Å². The third-order valence-corrected chi connectivity index (χ3v) is 2.07. The summed E-state index contributed by atoms with van der Waals surface area (Å²) >= 11 is 0. The van der Waals surface area contributed by atoms with E-state index in [0.717, 1.165) is 0 Å². The van der Waals surface area contributed by atoms with E-state index in [9.17, 15) is 9.18 Å². The standard InChI is InChI=1S/C10H13FN2O2/c1-13-9-5-6(2-3-7(9)11)4-8(12)10(14)15/h2-3,5,8,13H,4,12H2,1H3,(H,14,15)/t8-/m0/s1. The van der Waals surface area contributed by atoms with Gasteiger partial charge in [0.25, 0.3) is 0 Å². The van der Waals surface area contributed by atoms with Crippen molar-refractivity contribution in [2.24, 2.45) is 5.73 Å². The Kier molecular flexibility index (Phi) is 3.62. The quantitative estimate of drug-likeness (QED) is 0.690. The van der Waals surface area contributed by atoms with E-state index < -0.39 is 12.0 Å². The molecule has 1 aromatic carbocycles. The number of halogens is 1. The summed E-state index contributed by atoms with van der Waals surface area (Å²) in [5.74, 6) is -1.43. The van der Waals surface area contributed by atoms with Crippen LogP contribution in [0.2, 0.25) is 0 Å². The average Bonchev–Trinajstić information content (AvgIpc) is 2.20. The maximum absolute atomic E-state index is 13.1. The summed E-state index contributed by atoms with van der Waals surface area (Å²) in [6.07, 6.45) is 0.185. The zero-order chi connectivity index (χ0) is 11.4. The third kappa shape index (κ3) is 2.92. The highest BCUT2D eigenvalue weighted by Crippen LogP contribution is 2.16. The van der Waals surface area contributed by atoms with Crippen LogP contribution in [0, 0.1) is 5.82 Å². The Morgan fingerprint density at radius 3 is 2.87 bits per heavy atom. The Balaban J connectivity index is 2.83. The summed E-state index contributed by atoms with van der Waals surface area (Å²) in [6.45, 7) is 0. The summed E-state index contributed by atoms with van der Waals surface area (Å²) in [4.78, 5) is 10.5. The van der Waals surface area contributed by atoms with Crippen molar-refractivity contribution in [2.75, 3.05) is 12.4 Å². The minimum Gasteiger partial charge on any atom is -0.480 e. The second kappa shape index (κ2) is 4.75. The van der Waals surface area contributed by atoms with Crippen molar-refractivity contribution in [1.29, 1.82) is 0 Å². The second-order valence-electron chi connectivity index (χ2n) is 3.21. The molecule has 0 saturated carbocycles. The van der Waals surface area contributed by atoms with Crippen LogP contribution < -0.4 is 11.1 Å². The molecule has 0 bridgehead atoms. The molecule has 0 fully saturated rings. The van der Waals surface area contributed by atoms with Crippen molar-refractivity contribution in [3.8, 4) is 0 Å². The summed E-state index contributed by atoms with van der Waals surface area (Å²) in [6, 6.07) is 3.41. The first-order valence-corrected chi connectivity index (χ1v) is 4.49. The van der Waals surface area contributed by atoms with E-state index in [1.807, 2.05) is 0 Å². The number of hydrogen-bond acceptors (Lipinski definition) is 3. The number of nitrogens with two attached hydrogens (primary N) is 1. The Bertz CT molecular complexity index is 368. The van der Waals surface area contributed by atoms with Crippen LogP contribution in [0.15, 0.2) is 18.2 Å². The molecule has 0 aliphatic heterocycles. The SMILES string of the molecule is CNc1cc(C[C@H](N)C(=O)O)ccc1F. The van der Waals surface area contributed by atoms with Gasteiger partial charge < -0.3 is 16.2 Å². The number of aliphatic carboxylic acids is 1. The average molecular weight is 212 g/mol. The number of anilines is 1. The topological polar surface area (TPSA) is 75.3 Å². The number of rotatable bonds is 4. The van der Waals surface area contributed by atoms with Gasteiger partial charge in [-0.05, 0) is 24.1 Å². The van der Waals surface area contributed by atoms with Crippen LogP contribution in [0.25, 0.3) is 0 Å². The first-order valence-electron chi connectivity index (χ1n) is 4.49. The molecule has 1 aromatic rings. The van der Waals surface area contributed by atoms with Crippen LogP contribution in [0.4, 0.5) is 10.1 Å². The normalized spacial score (nSPS) is 12.2. The molecule has 0 unspecified atom stereocenters. The van der Waals surface area contributed by atoms with Crippen LogP contribution in [0.5, 0.6) is 0 Å². The Labute approximate surface area is 86.9 Å². The summed E-state index contributed by atoms with van der Waals surface area (Å²) < 4.78 is 13.1. The lowest BCUT2D eigenvalue weighted by atomic mass is 10.1. The van der Waals surface area contributed by atoms with E-state index in [-0.39, 0.29) is 12.2 Å². The molecule has 1 atom stereocenters. The van der Waals surface area contributed by atoms with E-state index in [4.69, 9.17) is 10.8 Å². The molecule has 0 saturated heterocycles. The third-order valence-electron chi connectivity index (χ3n) is 2.07. The highest BCUT2D eigenvalue weighted by atomic mass is 19.1. The van der Waals surface area contributed by atoms with E-state index in [1.54, 1.807) is 13.1 Å². The van der Waals surface area contributed by atoms with Crippen LogP contribution in [0.1, 0.15) is 5.56 Å². The minimum absolute atomic E-state index is 0.185. The van der Waals surface area contributed by atoms with Crippen LogP contribution in [-0.2, 0) is 11.2 Å². The first kappa shape index (κ1) is 11.5. The van der Waals surface area contributed by atoms with Gasteiger partial charge in [-0.25, -0.2) is 4.39 Å². The number of nitrogens with one attached hydrogen (secondary N) is 1. The van der Waals surface area contributed by atoms with Gasteiger partial charge in [0, 0.05) is 7.05 Å². The van der Waals surface area contributed by atoms with Gasteiger partial charge in [0.15, 0.2) is 0 Å². The maximum Gasteiger partial charge on any atom is 0.320 e. The fourth-order valence-corrected chi connectivity index (χ4v) is 1.23. The Morgan fingerprint density at radius 2 is 2.33 bits per heavy atom. The lowest BCUT2D eigenvalue weighted by Gasteiger charge is -2.08. The summed E-state index contributed by atoms with van der Waals surface area (Å²) in [7, 11) is 1.60. The fourth-order valence-electron chi connectivity index (χ4n) is 1.23. The Hall–Kier alpha value is -1.62. The molecular weight excluding hydrogens is 199 g/mol. The molecule has 82 valence electrons. The number of carbonyl (C=O) groups is 1. The highest BCUT2D eigenvalue weighted by Gasteiger charge is 2.12. The Morgan fingerprint density at radius 1 is 1.67 bits per heavy atom. The second-order valence-corrected chi connectivity index (χ2v) is 3.21. The molecule has 0 heterocycles. The van der Waals surface area contributed by atoms with E-state index >= 15 is 0 Å². The largest absolute Gasteiger partial charge is 0.480 e. The van der Waals surface area contributed by atoms with E-state index in [2.05, 4.69) is 5.32 Å². The van der Waals surface area contributed by atoms with Crippen molar-refractivity contribution in [2.45, 2.75) is 12.5 Å². The van der Waals surface area contributed by atoms with Crippen molar-refractivity contribution in [1.82, 2.24) is 0 Å². The molecular formula is C10H13FN2O2. The van der Waals surface area contributed by atoms with Gasteiger partial charge in [0.05, 0.1) is 5.69 Å². The summed E-state index contributed by atoms with van der Waals surface area (Å²) in [5.41, 5.74) is 6.39. The molecule has 4 nitrogen and oxygen atoms in total. The lowest BCUT2D eigenvalue weighted by molar-refractivity contribution is -0.138. The molecule has 0 aromatic heterocycles. The lowest BCUT2D eigenvalue weighted by Crippen LogP contribution is -2.32. The number of carboxylic acids is 1. The van der Waals surface area contributed by atoms with Crippen molar-refractivity contribution < 1.29 is 14.3 Å². The molecule has 0 aliphatic rings. The molecule has 5 heteroatoms.